The Morgan fingerprint density at radius 1 is 0.565 bits per heavy atom. The average Bonchev–Trinajstić information content (AvgIpc) is 3.75. The number of fused-ring (bicyclic) bond motifs is 5. The molecule has 8 aromatic rings. The summed E-state index contributed by atoms with van der Waals surface area (Å²) in [5, 5.41) is 1.27. The highest BCUT2D eigenvalue weighted by Gasteiger charge is 2.24. The van der Waals surface area contributed by atoms with E-state index in [1.54, 1.807) is 6.08 Å². The SMILES string of the molecule is C=C/C=C\C.CC.CCCC.CCc1cccc(-c2cccc(-c3cccc4oc5c(c34)CCc3ccccc3-5)c2)c1.NC(c1ccccc1)c1ccc(-c2ccccc2)cc1. The number of nitrogens with two attached hydrogens (primary N) is 1. The van der Waals surface area contributed by atoms with Gasteiger partial charge in [-0.25, -0.2) is 0 Å². The van der Waals surface area contributed by atoms with Gasteiger partial charge in [0.25, 0.3) is 0 Å². The zero-order chi connectivity index (χ0) is 44.1. The molecule has 0 spiro atoms. The molecule has 0 saturated heterocycles. The number of benzene rings is 7. The fraction of sp³-hybridized carbons (Fsp3) is 0.200. The van der Waals surface area contributed by atoms with Crippen molar-refractivity contribution in [2.24, 2.45) is 5.73 Å². The Hall–Kier alpha value is -6.48. The Morgan fingerprint density at radius 2 is 1.11 bits per heavy atom. The molecular weight excluding hydrogens is 751 g/mol. The molecular formula is C60H65NO. The Balaban J connectivity index is 0.000000201. The predicted molar refractivity (Wildman–Crippen MR) is 271 cm³/mol. The summed E-state index contributed by atoms with van der Waals surface area (Å²) in [4.78, 5) is 0. The standard InChI is InChI=1S/C30H24O.C19H17N.C5H8.C4H10.C2H6/c1-2-20-8-5-10-22(18-20)23-11-6-12-24(19-23)25-14-7-15-28-29(25)27-17-16-21-9-3-4-13-26(21)30(27)31-28;20-19(17-9-5-2-6-10-17)18-13-11-16(12-14-18)15-7-3-1-4-8-15;1-3-5-4-2;1-3-4-2;1-2/h3-15,18-19H,2,16-17H2,1H3;1-14,19H,20H2;3-5H,1H2,2H3;3-4H2,1-2H3;1-2H3/b;;5-4-;;. The van der Waals surface area contributed by atoms with Gasteiger partial charge in [0.15, 0.2) is 0 Å². The van der Waals surface area contributed by atoms with Crippen molar-refractivity contribution in [3.8, 4) is 44.7 Å². The lowest BCUT2D eigenvalue weighted by molar-refractivity contribution is 0.621. The number of aryl methyl sites for hydroxylation is 3. The van der Waals surface area contributed by atoms with Gasteiger partial charge < -0.3 is 10.2 Å². The molecule has 0 saturated carbocycles. The number of rotatable bonds is 8. The van der Waals surface area contributed by atoms with Crippen LogP contribution < -0.4 is 5.73 Å². The van der Waals surface area contributed by atoms with Crippen molar-refractivity contribution in [1.82, 2.24) is 0 Å². The molecule has 1 atom stereocenters. The largest absolute Gasteiger partial charge is 0.456 e. The van der Waals surface area contributed by atoms with E-state index >= 15 is 0 Å². The highest BCUT2D eigenvalue weighted by Crippen LogP contribution is 2.44. The van der Waals surface area contributed by atoms with Crippen LogP contribution in [-0.4, -0.2) is 0 Å². The first-order valence-electron chi connectivity index (χ1n) is 22.5. The fourth-order valence-electron chi connectivity index (χ4n) is 7.47. The molecule has 2 nitrogen and oxygen atoms in total. The van der Waals surface area contributed by atoms with Crippen LogP contribution in [0.3, 0.4) is 0 Å². The third-order valence-electron chi connectivity index (χ3n) is 10.9. The lowest BCUT2D eigenvalue weighted by atomic mass is 9.87. The summed E-state index contributed by atoms with van der Waals surface area (Å²) in [6.07, 6.45) is 11.4. The maximum absolute atomic E-state index is 6.42. The molecule has 2 N–H and O–H groups in total. The molecule has 1 heterocycles. The van der Waals surface area contributed by atoms with Crippen LogP contribution in [0.1, 0.15) is 88.2 Å². The number of unbranched alkanes of at least 4 members (excludes halogenated alkanes) is 1. The number of furan rings is 1. The van der Waals surface area contributed by atoms with Crippen molar-refractivity contribution in [3.05, 3.63) is 229 Å². The van der Waals surface area contributed by atoms with E-state index in [0.717, 1.165) is 41.7 Å². The first kappa shape index (κ1) is 46.6. The second kappa shape index (κ2) is 24.7. The van der Waals surface area contributed by atoms with E-state index < -0.39 is 0 Å². The van der Waals surface area contributed by atoms with Crippen LogP contribution >= 0.6 is 0 Å². The van der Waals surface area contributed by atoms with Crippen molar-refractivity contribution >= 4 is 11.0 Å². The highest BCUT2D eigenvalue weighted by molar-refractivity contribution is 6.01. The van der Waals surface area contributed by atoms with E-state index in [0.29, 0.717) is 0 Å². The van der Waals surface area contributed by atoms with Gasteiger partial charge in [-0.05, 0) is 94.0 Å². The highest BCUT2D eigenvalue weighted by atomic mass is 16.3. The summed E-state index contributed by atoms with van der Waals surface area (Å²) in [5.41, 5.74) is 22.4. The summed E-state index contributed by atoms with van der Waals surface area (Å²) >= 11 is 0. The van der Waals surface area contributed by atoms with E-state index in [-0.39, 0.29) is 6.04 Å². The number of allylic oxidation sites excluding steroid dienone is 3. The zero-order valence-corrected chi connectivity index (χ0v) is 37.8. The van der Waals surface area contributed by atoms with Crippen LogP contribution in [0.25, 0.3) is 55.7 Å². The second-order valence-electron chi connectivity index (χ2n) is 15.0. The molecule has 1 aromatic heterocycles. The van der Waals surface area contributed by atoms with Gasteiger partial charge in [-0.1, -0.05) is 236 Å². The van der Waals surface area contributed by atoms with E-state index in [2.05, 4.69) is 179 Å². The zero-order valence-electron chi connectivity index (χ0n) is 37.8. The van der Waals surface area contributed by atoms with Crippen molar-refractivity contribution in [1.29, 1.82) is 0 Å². The molecule has 1 aliphatic carbocycles. The van der Waals surface area contributed by atoms with Crippen molar-refractivity contribution in [2.45, 2.75) is 79.7 Å². The monoisotopic (exact) mass is 816 g/mol. The second-order valence-corrected chi connectivity index (χ2v) is 15.0. The quantitative estimate of drug-likeness (QED) is 0.155. The predicted octanol–water partition coefficient (Wildman–Crippen LogP) is 17.1. The first-order valence-corrected chi connectivity index (χ1v) is 22.5. The molecule has 7 aromatic carbocycles. The summed E-state index contributed by atoms with van der Waals surface area (Å²) in [5.74, 6) is 1.05. The van der Waals surface area contributed by atoms with Crippen LogP contribution in [0.2, 0.25) is 0 Å². The Kier molecular flexibility index (Phi) is 18.6. The maximum Gasteiger partial charge on any atom is 0.138 e. The maximum atomic E-state index is 6.42. The molecule has 1 unspecified atom stereocenters. The molecule has 0 amide bonds. The molecule has 62 heavy (non-hydrogen) atoms. The molecule has 0 radical (unpaired) electrons. The van der Waals surface area contributed by atoms with Gasteiger partial charge in [-0.2, -0.15) is 0 Å². The molecule has 0 fully saturated rings. The van der Waals surface area contributed by atoms with Gasteiger partial charge in [0.05, 0.1) is 6.04 Å². The van der Waals surface area contributed by atoms with Crippen LogP contribution in [0.5, 0.6) is 0 Å². The minimum absolute atomic E-state index is 0.0685. The minimum Gasteiger partial charge on any atom is -0.456 e. The van der Waals surface area contributed by atoms with Crippen molar-refractivity contribution in [3.63, 3.8) is 0 Å². The van der Waals surface area contributed by atoms with E-state index in [9.17, 15) is 0 Å². The Morgan fingerprint density at radius 3 is 1.76 bits per heavy atom. The molecule has 9 rings (SSSR count). The molecule has 0 aliphatic heterocycles. The summed E-state index contributed by atoms with van der Waals surface area (Å²) in [7, 11) is 0. The Bertz CT molecular complexity index is 2580. The van der Waals surface area contributed by atoms with Crippen LogP contribution in [-0.2, 0) is 19.3 Å². The molecule has 1 aliphatic rings. The fourth-order valence-corrected chi connectivity index (χ4v) is 7.47. The lowest BCUT2D eigenvalue weighted by Crippen LogP contribution is -2.11. The third kappa shape index (κ3) is 12.1. The molecule has 0 bridgehead atoms. The van der Waals surface area contributed by atoms with Crippen LogP contribution in [0, 0.1) is 0 Å². The summed E-state index contributed by atoms with van der Waals surface area (Å²) < 4.78 is 6.42. The van der Waals surface area contributed by atoms with Gasteiger partial charge >= 0.3 is 0 Å². The molecule has 316 valence electrons. The van der Waals surface area contributed by atoms with E-state index in [1.807, 2.05) is 57.2 Å². The first-order chi connectivity index (χ1) is 30.5. The summed E-state index contributed by atoms with van der Waals surface area (Å²) in [6, 6.07) is 61.9. The number of hydrogen-bond acceptors (Lipinski definition) is 2. The normalized spacial score (nSPS) is 11.5. The van der Waals surface area contributed by atoms with E-state index in [1.165, 1.54) is 73.9 Å². The molecule has 2 heteroatoms. The van der Waals surface area contributed by atoms with Gasteiger partial charge in [0.2, 0.25) is 0 Å². The van der Waals surface area contributed by atoms with Gasteiger partial charge in [-0.3, -0.25) is 0 Å². The Labute approximate surface area is 372 Å². The number of hydrogen-bond donors (Lipinski definition) is 1. The van der Waals surface area contributed by atoms with Crippen LogP contribution in [0.4, 0.5) is 0 Å². The smallest absolute Gasteiger partial charge is 0.138 e. The van der Waals surface area contributed by atoms with E-state index in [4.69, 9.17) is 10.2 Å². The van der Waals surface area contributed by atoms with Gasteiger partial charge in [0.1, 0.15) is 11.3 Å². The van der Waals surface area contributed by atoms with Crippen LogP contribution in [0.15, 0.2) is 205 Å². The summed E-state index contributed by atoms with van der Waals surface area (Å²) in [6.45, 7) is 16.0. The lowest BCUT2D eigenvalue weighted by Gasteiger charge is -2.15. The van der Waals surface area contributed by atoms with Gasteiger partial charge in [-0.15, -0.1) is 0 Å². The third-order valence-corrected chi connectivity index (χ3v) is 10.9. The van der Waals surface area contributed by atoms with Crippen molar-refractivity contribution < 1.29 is 4.42 Å². The minimum atomic E-state index is -0.0685. The van der Waals surface area contributed by atoms with Gasteiger partial charge in [0, 0.05) is 16.5 Å². The topological polar surface area (TPSA) is 39.2 Å². The average molecular weight is 816 g/mol. The van der Waals surface area contributed by atoms with Crippen molar-refractivity contribution in [2.75, 3.05) is 0 Å².